The van der Waals surface area contributed by atoms with Gasteiger partial charge in [-0.15, -0.1) is 0 Å². The second-order valence-corrected chi connectivity index (χ2v) is 6.03. The maximum absolute atomic E-state index is 9.75. The van der Waals surface area contributed by atoms with Gasteiger partial charge >= 0.3 is 0 Å². The lowest BCUT2D eigenvalue weighted by Gasteiger charge is -2.31. The molecule has 22 heavy (non-hydrogen) atoms. The highest BCUT2D eigenvalue weighted by Gasteiger charge is 2.24. The number of anilines is 1. The number of aryl methyl sites for hydroxylation is 3. The van der Waals surface area contributed by atoms with Crippen LogP contribution in [0.25, 0.3) is 11.0 Å². The molecule has 0 aliphatic carbocycles. The predicted molar refractivity (Wildman–Crippen MR) is 87.2 cm³/mol. The number of piperidine rings is 1. The van der Waals surface area contributed by atoms with Gasteiger partial charge in [-0.3, -0.25) is 4.68 Å². The molecule has 1 aliphatic rings. The highest BCUT2D eigenvalue weighted by molar-refractivity contribution is 5.88. The summed E-state index contributed by atoms with van der Waals surface area (Å²) in [6, 6.07) is 0. The number of aliphatic hydroxyl groups excluding tert-OH is 1. The van der Waals surface area contributed by atoms with Gasteiger partial charge in [-0.25, -0.2) is 9.97 Å². The fraction of sp³-hybridized carbons (Fsp3) is 0.688. The summed E-state index contributed by atoms with van der Waals surface area (Å²) in [5.74, 6) is 1.89. The van der Waals surface area contributed by atoms with Crippen molar-refractivity contribution in [1.29, 1.82) is 0 Å². The molecule has 0 amide bonds. The molecule has 2 aromatic heterocycles. The van der Waals surface area contributed by atoms with Crippen LogP contribution in [0, 0.1) is 6.92 Å². The van der Waals surface area contributed by atoms with Crippen molar-refractivity contribution in [3.05, 3.63) is 11.5 Å². The van der Waals surface area contributed by atoms with E-state index in [-0.39, 0.29) is 6.10 Å². The SMILES string of the molecule is CCCc1nc(N2CCC(O)CC2)c2c(n1)c(C)nn2CC. The van der Waals surface area contributed by atoms with Crippen LogP contribution < -0.4 is 4.90 Å². The molecule has 1 N–H and O–H groups in total. The van der Waals surface area contributed by atoms with E-state index >= 15 is 0 Å². The summed E-state index contributed by atoms with van der Waals surface area (Å²) >= 11 is 0. The number of rotatable bonds is 4. The van der Waals surface area contributed by atoms with Crippen molar-refractivity contribution in [2.45, 2.75) is 59.1 Å². The van der Waals surface area contributed by atoms with Gasteiger partial charge in [0.15, 0.2) is 5.82 Å². The highest BCUT2D eigenvalue weighted by Crippen LogP contribution is 2.28. The van der Waals surface area contributed by atoms with Crippen LogP contribution in [0.1, 0.15) is 44.6 Å². The zero-order chi connectivity index (χ0) is 15.7. The molecule has 1 fully saturated rings. The number of nitrogens with zero attached hydrogens (tertiary/aromatic N) is 5. The van der Waals surface area contributed by atoms with E-state index in [9.17, 15) is 5.11 Å². The van der Waals surface area contributed by atoms with Crippen LogP contribution in [0.5, 0.6) is 0 Å². The Kier molecular flexibility index (Phi) is 4.29. The molecule has 6 nitrogen and oxygen atoms in total. The molecule has 0 aromatic carbocycles. The van der Waals surface area contributed by atoms with E-state index in [1.807, 2.05) is 11.6 Å². The second kappa shape index (κ2) is 6.20. The second-order valence-electron chi connectivity index (χ2n) is 6.03. The van der Waals surface area contributed by atoms with E-state index in [4.69, 9.17) is 9.97 Å². The van der Waals surface area contributed by atoms with Gasteiger partial charge in [0.05, 0.1) is 11.8 Å². The number of fused-ring (bicyclic) bond motifs is 1. The van der Waals surface area contributed by atoms with E-state index < -0.39 is 0 Å². The summed E-state index contributed by atoms with van der Waals surface area (Å²) in [6.07, 6.45) is 3.34. The van der Waals surface area contributed by atoms with Crippen molar-refractivity contribution >= 4 is 16.9 Å². The average molecular weight is 303 g/mol. The van der Waals surface area contributed by atoms with Crippen LogP contribution >= 0.6 is 0 Å². The molecule has 0 spiro atoms. The molecule has 0 saturated carbocycles. The Hall–Kier alpha value is -1.69. The third-order valence-corrected chi connectivity index (χ3v) is 4.32. The summed E-state index contributed by atoms with van der Waals surface area (Å²) in [7, 11) is 0. The van der Waals surface area contributed by atoms with Crippen molar-refractivity contribution < 1.29 is 5.11 Å². The molecule has 0 unspecified atom stereocenters. The Labute approximate surface area is 131 Å². The lowest BCUT2D eigenvalue weighted by molar-refractivity contribution is 0.145. The largest absolute Gasteiger partial charge is 0.393 e. The van der Waals surface area contributed by atoms with Crippen LogP contribution in [0.4, 0.5) is 5.82 Å². The first-order chi connectivity index (χ1) is 10.6. The predicted octanol–water partition coefficient (Wildman–Crippen LogP) is 2.07. The number of aliphatic hydroxyl groups is 1. The average Bonchev–Trinajstić information content (AvgIpc) is 2.84. The first-order valence-corrected chi connectivity index (χ1v) is 8.31. The van der Waals surface area contributed by atoms with Crippen molar-refractivity contribution in [2.24, 2.45) is 0 Å². The van der Waals surface area contributed by atoms with E-state index in [1.54, 1.807) is 0 Å². The molecule has 0 bridgehead atoms. The van der Waals surface area contributed by atoms with Gasteiger partial charge in [0.25, 0.3) is 0 Å². The zero-order valence-corrected chi connectivity index (χ0v) is 13.7. The summed E-state index contributed by atoms with van der Waals surface area (Å²) < 4.78 is 2.00. The van der Waals surface area contributed by atoms with Gasteiger partial charge in [0.2, 0.25) is 0 Å². The maximum Gasteiger partial charge on any atom is 0.158 e. The van der Waals surface area contributed by atoms with Gasteiger partial charge in [-0.05, 0) is 33.1 Å². The lowest BCUT2D eigenvalue weighted by atomic mass is 10.1. The van der Waals surface area contributed by atoms with Gasteiger partial charge in [0, 0.05) is 26.1 Å². The topological polar surface area (TPSA) is 67.1 Å². The number of hydrogen-bond donors (Lipinski definition) is 1. The summed E-state index contributed by atoms with van der Waals surface area (Å²) in [6.45, 7) is 8.74. The molecule has 0 atom stereocenters. The minimum atomic E-state index is -0.179. The first-order valence-electron chi connectivity index (χ1n) is 8.31. The van der Waals surface area contributed by atoms with Gasteiger partial charge in [-0.1, -0.05) is 6.92 Å². The molecule has 3 rings (SSSR count). The van der Waals surface area contributed by atoms with E-state index in [2.05, 4.69) is 23.8 Å². The summed E-state index contributed by atoms with van der Waals surface area (Å²) in [4.78, 5) is 11.8. The lowest BCUT2D eigenvalue weighted by Crippen LogP contribution is -2.36. The quantitative estimate of drug-likeness (QED) is 0.936. The molecule has 120 valence electrons. The Morgan fingerprint density at radius 3 is 2.55 bits per heavy atom. The third-order valence-electron chi connectivity index (χ3n) is 4.32. The van der Waals surface area contributed by atoms with Crippen LogP contribution in [0.15, 0.2) is 0 Å². The van der Waals surface area contributed by atoms with Crippen molar-refractivity contribution in [1.82, 2.24) is 19.7 Å². The van der Waals surface area contributed by atoms with Gasteiger partial charge < -0.3 is 10.0 Å². The summed E-state index contributed by atoms with van der Waals surface area (Å²) in [5, 5.41) is 14.4. The Morgan fingerprint density at radius 1 is 1.18 bits per heavy atom. The Balaban J connectivity index is 2.12. The maximum atomic E-state index is 9.75. The molecular formula is C16H25N5O. The first kappa shape index (κ1) is 15.2. The zero-order valence-electron chi connectivity index (χ0n) is 13.7. The van der Waals surface area contributed by atoms with E-state index in [1.165, 1.54) is 0 Å². The van der Waals surface area contributed by atoms with Gasteiger partial charge in [0.1, 0.15) is 16.9 Å². The molecule has 0 radical (unpaired) electrons. The minimum absolute atomic E-state index is 0.179. The van der Waals surface area contributed by atoms with E-state index in [0.29, 0.717) is 0 Å². The molecule has 1 aliphatic heterocycles. The molecule has 3 heterocycles. The minimum Gasteiger partial charge on any atom is -0.393 e. The number of aromatic nitrogens is 4. The van der Waals surface area contributed by atoms with Crippen molar-refractivity contribution in [3.8, 4) is 0 Å². The van der Waals surface area contributed by atoms with Crippen LogP contribution in [0.3, 0.4) is 0 Å². The number of hydrogen-bond acceptors (Lipinski definition) is 5. The standard InChI is InChI=1S/C16H25N5O/c1-4-6-13-17-14-11(3)19-21(5-2)15(14)16(18-13)20-9-7-12(22)8-10-20/h12,22H,4-10H2,1-3H3. The molecular weight excluding hydrogens is 278 g/mol. The van der Waals surface area contributed by atoms with Gasteiger partial charge in [-0.2, -0.15) is 5.10 Å². The Bertz CT molecular complexity index is 658. The van der Waals surface area contributed by atoms with Crippen LogP contribution in [0.2, 0.25) is 0 Å². The molecule has 1 saturated heterocycles. The van der Waals surface area contributed by atoms with Crippen LogP contribution in [-0.2, 0) is 13.0 Å². The normalized spacial score (nSPS) is 16.6. The highest BCUT2D eigenvalue weighted by atomic mass is 16.3. The van der Waals surface area contributed by atoms with Crippen LogP contribution in [-0.4, -0.2) is 44.0 Å². The Morgan fingerprint density at radius 2 is 1.91 bits per heavy atom. The summed E-state index contributed by atoms with van der Waals surface area (Å²) in [5.41, 5.74) is 2.98. The molecule has 6 heteroatoms. The molecule has 2 aromatic rings. The smallest absolute Gasteiger partial charge is 0.158 e. The fourth-order valence-corrected chi connectivity index (χ4v) is 3.12. The van der Waals surface area contributed by atoms with Crippen molar-refractivity contribution in [3.63, 3.8) is 0 Å². The monoisotopic (exact) mass is 303 g/mol. The van der Waals surface area contributed by atoms with Crippen molar-refractivity contribution in [2.75, 3.05) is 18.0 Å². The van der Waals surface area contributed by atoms with E-state index in [0.717, 1.165) is 73.7 Å². The fourth-order valence-electron chi connectivity index (χ4n) is 3.12. The third kappa shape index (κ3) is 2.67.